The fraction of sp³-hybridized carbons (Fsp3) is 0.542. The largest absolute Gasteiger partial charge is 0.454 e. The Hall–Kier alpha value is -2.36. The lowest BCUT2D eigenvalue weighted by molar-refractivity contribution is -0.124. The number of aliphatic hydroxyl groups is 1. The molecule has 1 aliphatic carbocycles. The topological polar surface area (TPSA) is 122 Å². The highest BCUT2D eigenvalue weighted by Gasteiger charge is 2.35. The van der Waals surface area contributed by atoms with Crippen LogP contribution in [-0.2, 0) is 14.8 Å². The molecule has 0 fully saturated rings. The number of unbranched alkanes of at least 4 members (excludes halogenated alkanes) is 2. The van der Waals surface area contributed by atoms with E-state index in [2.05, 4.69) is 24.1 Å². The third-order valence-electron chi connectivity index (χ3n) is 5.47. The number of benzene rings is 1. The molecule has 0 radical (unpaired) electrons. The summed E-state index contributed by atoms with van der Waals surface area (Å²) in [6, 6.07) is 8.49. The van der Waals surface area contributed by atoms with Gasteiger partial charge in [0.25, 0.3) is 0 Å². The van der Waals surface area contributed by atoms with E-state index in [4.69, 9.17) is 9.88 Å². The first-order valence-electron chi connectivity index (χ1n) is 11.6. The van der Waals surface area contributed by atoms with Gasteiger partial charge in [0.1, 0.15) is 10.7 Å². The van der Waals surface area contributed by atoms with Gasteiger partial charge in [-0.05, 0) is 38.0 Å². The van der Waals surface area contributed by atoms with E-state index in [0.29, 0.717) is 24.5 Å². The fourth-order valence-corrected chi connectivity index (χ4v) is 4.39. The molecule has 2 rings (SSSR count). The smallest absolute Gasteiger partial charge is 0.241 e. The van der Waals surface area contributed by atoms with Crippen LogP contribution in [0.1, 0.15) is 52.9 Å². The van der Waals surface area contributed by atoms with Crippen LogP contribution in [0, 0.1) is 5.92 Å². The molecule has 184 valence electrons. The zero-order valence-electron chi connectivity index (χ0n) is 19.8. The number of sulfonamides is 1. The molecule has 9 heteroatoms. The maximum absolute atomic E-state index is 12.9. The van der Waals surface area contributed by atoms with Gasteiger partial charge in [0, 0.05) is 25.6 Å². The van der Waals surface area contributed by atoms with Crippen molar-refractivity contribution in [1.29, 1.82) is 0 Å². The number of aliphatic hydroxyl groups excluding tert-OH is 1. The lowest BCUT2D eigenvalue weighted by Crippen LogP contribution is -2.41. The van der Waals surface area contributed by atoms with Gasteiger partial charge >= 0.3 is 0 Å². The summed E-state index contributed by atoms with van der Waals surface area (Å²) in [5.74, 6) is -0.450. The second-order valence-electron chi connectivity index (χ2n) is 8.36. The van der Waals surface area contributed by atoms with Gasteiger partial charge in [0.05, 0.1) is 18.2 Å². The lowest BCUT2D eigenvalue weighted by Gasteiger charge is -2.34. The monoisotopic (exact) mass is 479 g/mol. The van der Waals surface area contributed by atoms with E-state index >= 15 is 0 Å². The quantitative estimate of drug-likeness (QED) is 0.400. The maximum atomic E-state index is 12.9. The van der Waals surface area contributed by atoms with Crippen molar-refractivity contribution in [2.45, 2.75) is 58.9 Å². The fourth-order valence-electron chi connectivity index (χ4n) is 3.62. The van der Waals surface area contributed by atoms with E-state index in [9.17, 15) is 18.3 Å². The molecule has 0 aromatic heterocycles. The first-order chi connectivity index (χ1) is 15.7. The molecular formula is C24H37N3O5S. The van der Waals surface area contributed by atoms with Crippen molar-refractivity contribution in [3.63, 3.8) is 0 Å². The van der Waals surface area contributed by atoms with Gasteiger partial charge in [0.15, 0.2) is 5.76 Å². The van der Waals surface area contributed by atoms with Gasteiger partial charge in [-0.2, -0.15) is 0 Å². The minimum absolute atomic E-state index is 0.176. The summed E-state index contributed by atoms with van der Waals surface area (Å²) in [5.41, 5.74) is 0.657. The van der Waals surface area contributed by atoms with Crippen LogP contribution in [0.3, 0.4) is 0 Å². The second kappa shape index (κ2) is 12.8. The molecule has 1 aliphatic rings. The summed E-state index contributed by atoms with van der Waals surface area (Å²) < 4.78 is 31.4. The van der Waals surface area contributed by atoms with Crippen LogP contribution in [0.25, 0.3) is 0 Å². The molecule has 0 saturated carbocycles. The Labute approximate surface area is 197 Å². The van der Waals surface area contributed by atoms with Crippen LogP contribution in [0.5, 0.6) is 5.75 Å². The molecule has 4 N–H and O–H groups in total. The van der Waals surface area contributed by atoms with E-state index in [1.165, 1.54) is 6.08 Å². The molecule has 2 unspecified atom stereocenters. The molecule has 8 nitrogen and oxygen atoms in total. The van der Waals surface area contributed by atoms with Crippen molar-refractivity contribution >= 4 is 15.9 Å². The van der Waals surface area contributed by atoms with Crippen LogP contribution in [0.2, 0.25) is 0 Å². The number of allylic oxidation sites excluding steroid dienone is 1. The number of para-hydroxylation sites is 1. The number of hydrogen-bond acceptors (Lipinski definition) is 6. The first kappa shape index (κ1) is 26.9. The van der Waals surface area contributed by atoms with Crippen LogP contribution in [0.4, 0.5) is 0 Å². The number of carbonyl (C=O) groups is 1. The number of carbonyl (C=O) groups excluding carboxylic acids is 1. The molecule has 33 heavy (non-hydrogen) atoms. The van der Waals surface area contributed by atoms with Gasteiger partial charge in [-0.15, -0.1) is 0 Å². The molecule has 0 spiro atoms. The number of amides is 1. The summed E-state index contributed by atoms with van der Waals surface area (Å²) in [7, 11) is -4.18. The number of primary sulfonamides is 1. The maximum Gasteiger partial charge on any atom is 0.241 e. The Kier molecular flexibility index (Phi) is 10.4. The van der Waals surface area contributed by atoms with Crippen LogP contribution in [-0.4, -0.2) is 50.1 Å². The molecule has 0 aliphatic heterocycles. The number of nitrogens with one attached hydrogen (secondary N) is 1. The molecule has 0 saturated heterocycles. The minimum Gasteiger partial charge on any atom is -0.454 e. The van der Waals surface area contributed by atoms with Gasteiger partial charge in [-0.1, -0.05) is 44.9 Å². The summed E-state index contributed by atoms with van der Waals surface area (Å²) in [6.07, 6.45) is 5.42. The molecular weight excluding hydrogens is 442 g/mol. The van der Waals surface area contributed by atoms with E-state index < -0.39 is 22.0 Å². The van der Waals surface area contributed by atoms with Gasteiger partial charge in [-0.3, -0.25) is 4.79 Å². The standard InChI is InChI=1S/C24H37N3O5S/c1-4-6-13-27(14-7-5-2)21-15-19(24(29)26-18(3)17-28)16-22(33(25,30)31)23(21)32-20-11-9-8-10-12-20/h8-12,16,18-19,28H,4-7,13-15,17H2,1-3H3,(H,26,29)(H2,25,30,31). The van der Waals surface area contributed by atoms with Crippen molar-refractivity contribution in [2.75, 3.05) is 19.7 Å². The zero-order chi connectivity index (χ0) is 24.4. The van der Waals surface area contributed by atoms with Crippen LogP contribution >= 0.6 is 0 Å². The Bertz CT molecular complexity index is 936. The Morgan fingerprint density at radius 1 is 1.21 bits per heavy atom. The Morgan fingerprint density at radius 3 is 2.33 bits per heavy atom. The van der Waals surface area contributed by atoms with Crippen molar-refractivity contribution in [2.24, 2.45) is 11.1 Å². The molecule has 0 heterocycles. The average Bonchev–Trinajstić information content (AvgIpc) is 2.79. The Morgan fingerprint density at radius 2 is 1.82 bits per heavy atom. The van der Waals surface area contributed by atoms with E-state index in [1.54, 1.807) is 31.2 Å². The molecule has 1 aromatic rings. The predicted molar refractivity (Wildman–Crippen MR) is 129 cm³/mol. The van der Waals surface area contributed by atoms with E-state index in [0.717, 1.165) is 25.7 Å². The summed E-state index contributed by atoms with van der Waals surface area (Å²) in [6.45, 7) is 7.09. The number of rotatable bonds is 13. The van der Waals surface area contributed by atoms with Crippen LogP contribution in [0.15, 0.2) is 52.8 Å². The van der Waals surface area contributed by atoms with E-state index in [1.807, 2.05) is 6.07 Å². The highest BCUT2D eigenvalue weighted by atomic mass is 32.2. The minimum atomic E-state index is -4.18. The average molecular weight is 480 g/mol. The zero-order valence-corrected chi connectivity index (χ0v) is 20.6. The summed E-state index contributed by atoms with van der Waals surface area (Å²) in [5, 5.41) is 17.7. The molecule has 0 bridgehead atoms. The second-order valence-corrected chi connectivity index (χ2v) is 9.89. The van der Waals surface area contributed by atoms with Crippen molar-refractivity contribution in [3.05, 3.63) is 52.8 Å². The van der Waals surface area contributed by atoms with Gasteiger partial charge < -0.3 is 20.1 Å². The lowest BCUT2D eigenvalue weighted by atomic mass is 9.94. The first-order valence-corrected chi connectivity index (χ1v) is 13.1. The predicted octanol–water partition coefficient (Wildman–Crippen LogP) is 2.87. The summed E-state index contributed by atoms with van der Waals surface area (Å²) in [4.78, 5) is 14.8. The van der Waals surface area contributed by atoms with Gasteiger partial charge in [-0.25, -0.2) is 13.6 Å². The number of nitrogens with two attached hydrogens (primary N) is 1. The number of ether oxygens (including phenoxy) is 1. The number of hydrogen-bond donors (Lipinski definition) is 3. The highest BCUT2D eigenvalue weighted by Crippen LogP contribution is 2.35. The van der Waals surface area contributed by atoms with Crippen molar-refractivity contribution in [3.8, 4) is 5.75 Å². The van der Waals surface area contributed by atoms with Gasteiger partial charge in [0.2, 0.25) is 15.9 Å². The molecule has 1 amide bonds. The third-order valence-corrected chi connectivity index (χ3v) is 6.40. The van der Waals surface area contributed by atoms with Crippen LogP contribution < -0.4 is 15.2 Å². The Balaban J connectivity index is 2.59. The van der Waals surface area contributed by atoms with E-state index in [-0.39, 0.29) is 29.6 Å². The SMILES string of the molecule is CCCCN(CCCC)C1=C(Oc2ccccc2)C(S(N)(=O)=O)=CC(C(=O)NC(C)CO)C1. The summed E-state index contributed by atoms with van der Waals surface area (Å²) >= 11 is 0. The normalized spacial score (nSPS) is 17.4. The third kappa shape index (κ3) is 7.87. The van der Waals surface area contributed by atoms with Crippen molar-refractivity contribution in [1.82, 2.24) is 10.2 Å². The number of nitrogens with zero attached hydrogens (tertiary/aromatic N) is 1. The molecule has 2 atom stereocenters. The highest BCUT2D eigenvalue weighted by molar-refractivity contribution is 7.93. The molecule has 1 aromatic carbocycles. The van der Waals surface area contributed by atoms with Crippen molar-refractivity contribution < 1.29 is 23.1 Å².